The van der Waals surface area contributed by atoms with Gasteiger partial charge in [0.15, 0.2) is 17.8 Å². The van der Waals surface area contributed by atoms with Gasteiger partial charge in [0.05, 0.1) is 12.7 Å². The molecule has 0 aliphatic heterocycles. The summed E-state index contributed by atoms with van der Waals surface area (Å²) in [6.07, 6.45) is 0.448. The van der Waals surface area contributed by atoms with Crippen LogP contribution in [0.5, 0.6) is 11.5 Å². The van der Waals surface area contributed by atoms with Crippen LogP contribution in [0.3, 0.4) is 0 Å². The van der Waals surface area contributed by atoms with Crippen LogP contribution in [0.15, 0.2) is 30.3 Å². The molecule has 0 heterocycles. The van der Waals surface area contributed by atoms with Gasteiger partial charge in [-0.15, -0.1) is 0 Å². The first-order valence-electron chi connectivity index (χ1n) is 5.39. The minimum absolute atomic E-state index is 0.0242. The first-order valence-corrected chi connectivity index (χ1v) is 5.39. The van der Waals surface area contributed by atoms with Crippen LogP contribution in [-0.2, 0) is 0 Å². The molecule has 2 rings (SSSR count). The predicted molar refractivity (Wildman–Crippen MR) is 65.4 cm³/mol. The monoisotopic (exact) mass is 264 g/mol. The molecule has 0 amide bonds. The summed E-state index contributed by atoms with van der Waals surface area (Å²) in [5.41, 5.74) is -0.356. The molecule has 0 saturated heterocycles. The van der Waals surface area contributed by atoms with Crippen LogP contribution in [0.1, 0.15) is 10.4 Å². The Hall–Kier alpha value is -2.43. The highest BCUT2D eigenvalue weighted by molar-refractivity contribution is 5.89. The second-order valence-corrected chi connectivity index (χ2v) is 3.83. The SMILES string of the molecule is COc1cc(C=O)c(-c2c(F)cccc2F)cc1O. The van der Waals surface area contributed by atoms with Crippen molar-refractivity contribution in [2.75, 3.05) is 7.11 Å². The molecule has 0 unspecified atom stereocenters. The van der Waals surface area contributed by atoms with Crippen molar-refractivity contribution in [2.45, 2.75) is 0 Å². The van der Waals surface area contributed by atoms with Crippen molar-refractivity contribution in [3.05, 3.63) is 47.5 Å². The van der Waals surface area contributed by atoms with Gasteiger partial charge in [-0.25, -0.2) is 8.78 Å². The Kier molecular flexibility index (Phi) is 3.46. The van der Waals surface area contributed by atoms with E-state index in [4.69, 9.17) is 4.74 Å². The zero-order valence-electron chi connectivity index (χ0n) is 9.98. The number of benzene rings is 2. The number of phenols is 1. The van der Waals surface area contributed by atoms with Gasteiger partial charge in [-0.05, 0) is 24.3 Å². The highest BCUT2D eigenvalue weighted by atomic mass is 19.1. The number of phenolic OH excluding ortho intramolecular Hbond substituents is 1. The van der Waals surface area contributed by atoms with Crippen LogP contribution in [0.4, 0.5) is 8.78 Å². The van der Waals surface area contributed by atoms with E-state index in [1.807, 2.05) is 0 Å². The normalized spacial score (nSPS) is 10.3. The van der Waals surface area contributed by atoms with E-state index >= 15 is 0 Å². The van der Waals surface area contributed by atoms with Crippen molar-refractivity contribution >= 4 is 6.29 Å². The predicted octanol–water partition coefficient (Wildman–Crippen LogP) is 3.16. The Balaban J connectivity index is 2.75. The van der Waals surface area contributed by atoms with E-state index in [0.717, 1.165) is 18.2 Å². The molecule has 0 atom stereocenters. The lowest BCUT2D eigenvalue weighted by Crippen LogP contribution is -1.96. The maximum Gasteiger partial charge on any atom is 0.161 e. The quantitative estimate of drug-likeness (QED) is 0.866. The number of aromatic hydroxyl groups is 1. The molecule has 0 aliphatic rings. The molecule has 0 spiro atoms. The van der Waals surface area contributed by atoms with E-state index in [2.05, 4.69) is 0 Å². The molecule has 0 bridgehead atoms. The van der Waals surface area contributed by atoms with Gasteiger partial charge < -0.3 is 9.84 Å². The van der Waals surface area contributed by atoms with Gasteiger partial charge in [-0.1, -0.05) is 6.07 Å². The lowest BCUT2D eigenvalue weighted by molar-refractivity contribution is 0.112. The fourth-order valence-electron chi connectivity index (χ4n) is 1.82. The van der Waals surface area contributed by atoms with Crippen molar-refractivity contribution in [3.8, 4) is 22.6 Å². The molecule has 3 nitrogen and oxygen atoms in total. The lowest BCUT2D eigenvalue weighted by atomic mass is 9.98. The van der Waals surface area contributed by atoms with Gasteiger partial charge in [0.1, 0.15) is 11.6 Å². The molecular formula is C14H10F2O3. The van der Waals surface area contributed by atoms with E-state index in [1.165, 1.54) is 19.2 Å². The minimum Gasteiger partial charge on any atom is -0.504 e. The lowest BCUT2D eigenvalue weighted by Gasteiger charge is -2.11. The van der Waals surface area contributed by atoms with Gasteiger partial charge in [-0.3, -0.25) is 4.79 Å². The highest BCUT2D eigenvalue weighted by Gasteiger charge is 2.17. The average Bonchev–Trinajstić information content (AvgIpc) is 2.39. The Bertz CT molecular complexity index is 619. The summed E-state index contributed by atoms with van der Waals surface area (Å²) in [6.45, 7) is 0. The van der Waals surface area contributed by atoms with Gasteiger partial charge >= 0.3 is 0 Å². The van der Waals surface area contributed by atoms with Crippen molar-refractivity contribution in [1.29, 1.82) is 0 Å². The number of ether oxygens (including phenoxy) is 1. The van der Waals surface area contributed by atoms with E-state index < -0.39 is 11.6 Å². The number of hydrogen-bond donors (Lipinski definition) is 1. The summed E-state index contributed by atoms with van der Waals surface area (Å²) in [4.78, 5) is 11.0. The van der Waals surface area contributed by atoms with E-state index in [-0.39, 0.29) is 28.2 Å². The van der Waals surface area contributed by atoms with Crippen LogP contribution in [-0.4, -0.2) is 18.5 Å². The molecule has 0 aromatic heterocycles. The van der Waals surface area contributed by atoms with E-state index in [9.17, 15) is 18.7 Å². The van der Waals surface area contributed by atoms with Crippen LogP contribution in [0, 0.1) is 11.6 Å². The fourth-order valence-corrected chi connectivity index (χ4v) is 1.82. The van der Waals surface area contributed by atoms with Gasteiger partial charge in [0.25, 0.3) is 0 Å². The largest absolute Gasteiger partial charge is 0.504 e. The van der Waals surface area contributed by atoms with Crippen molar-refractivity contribution in [3.63, 3.8) is 0 Å². The molecule has 2 aromatic rings. The Morgan fingerprint density at radius 1 is 1.21 bits per heavy atom. The maximum absolute atomic E-state index is 13.7. The van der Waals surface area contributed by atoms with E-state index in [1.54, 1.807) is 0 Å². The number of halogens is 2. The molecular weight excluding hydrogens is 254 g/mol. The first kappa shape index (κ1) is 13.0. The standard InChI is InChI=1S/C14H10F2O3/c1-19-13-5-8(7-17)9(6-12(13)18)14-10(15)3-2-4-11(14)16/h2-7,18H,1H3. The van der Waals surface area contributed by atoms with Crippen LogP contribution in [0.25, 0.3) is 11.1 Å². The molecule has 2 aromatic carbocycles. The summed E-state index contributed by atoms with van der Waals surface area (Å²) in [7, 11) is 1.31. The fraction of sp³-hybridized carbons (Fsp3) is 0.0714. The Morgan fingerprint density at radius 3 is 2.37 bits per heavy atom. The summed E-state index contributed by atoms with van der Waals surface area (Å²) in [6, 6.07) is 5.70. The third-order valence-corrected chi connectivity index (χ3v) is 2.71. The molecule has 0 radical (unpaired) electrons. The van der Waals surface area contributed by atoms with E-state index in [0.29, 0.717) is 6.29 Å². The van der Waals surface area contributed by atoms with Crippen molar-refractivity contribution in [2.24, 2.45) is 0 Å². The maximum atomic E-state index is 13.7. The van der Waals surface area contributed by atoms with Gasteiger partial charge in [-0.2, -0.15) is 0 Å². The molecule has 19 heavy (non-hydrogen) atoms. The summed E-state index contributed by atoms with van der Waals surface area (Å²) in [5.74, 6) is -1.87. The number of rotatable bonds is 3. The zero-order chi connectivity index (χ0) is 14.0. The smallest absolute Gasteiger partial charge is 0.161 e. The molecule has 5 heteroatoms. The molecule has 0 fully saturated rings. The third kappa shape index (κ3) is 2.27. The van der Waals surface area contributed by atoms with Gasteiger partial charge in [0.2, 0.25) is 0 Å². The molecule has 1 N–H and O–H groups in total. The van der Waals surface area contributed by atoms with Crippen molar-refractivity contribution < 1.29 is 23.4 Å². The summed E-state index contributed by atoms with van der Waals surface area (Å²) < 4.78 is 32.2. The number of carbonyl (C=O) groups excluding carboxylic acids is 1. The Labute approximate surface area is 108 Å². The molecule has 98 valence electrons. The highest BCUT2D eigenvalue weighted by Crippen LogP contribution is 2.36. The van der Waals surface area contributed by atoms with Crippen LogP contribution < -0.4 is 4.74 Å². The topological polar surface area (TPSA) is 46.5 Å². The van der Waals surface area contributed by atoms with Crippen LogP contribution >= 0.6 is 0 Å². The van der Waals surface area contributed by atoms with Gasteiger partial charge in [0, 0.05) is 11.1 Å². The number of hydrogen-bond acceptors (Lipinski definition) is 3. The zero-order valence-corrected chi connectivity index (χ0v) is 9.98. The Morgan fingerprint density at radius 2 is 1.84 bits per heavy atom. The third-order valence-electron chi connectivity index (χ3n) is 2.71. The van der Waals surface area contributed by atoms with Crippen molar-refractivity contribution in [1.82, 2.24) is 0 Å². The summed E-state index contributed by atoms with van der Waals surface area (Å²) in [5, 5.41) is 9.67. The first-order chi connectivity index (χ1) is 9.08. The average molecular weight is 264 g/mol. The minimum atomic E-state index is -0.812. The number of carbonyl (C=O) groups is 1. The second-order valence-electron chi connectivity index (χ2n) is 3.83. The summed E-state index contributed by atoms with van der Waals surface area (Å²) >= 11 is 0. The number of aldehydes is 1. The second kappa shape index (κ2) is 5.06. The molecule has 0 aliphatic carbocycles. The van der Waals surface area contributed by atoms with Crippen LogP contribution in [0.2, 0.25) is 0 Å². The number of methoxy groups -OCH3 is 1. The molecule has 0 saturated carbocycles.